The minimum Gasteiger partial charge on any atom is -0.447 e. The Balaban J connectivity index is 1.79. The highest BCUT2D eigenvalue weighted by atomic mass is 35.5. The largest absolute Gasteiger partial charge is 0.447 e. The number of carbonyl (C=O) groups excluding carboxylic acids is 2. The van der Waals surface area contributed by atoms with Crippen LogP contribution in [0.4, 0.5) is 18.9 Å². The summed E-state index contributed by atoms with van der Waals surface area (Å²) in [4.78, 5) is 25.3. The predicted molar refractivity (Wildman–Crippen MR) is 107 cm³/mol. The van der Waals surface area contributed by atoms with Gasteiger partial charge < -0.3 is 10.1 Å². The molecule has 0 unspecified atom stereocenters. The normalized spacial score (nSPS) is 15.6. The monoisotopic (exact) mass is 439 g/mol. The maximum absolute atomic E-state index is 13.0. The Labute approximate surface area is 177 Å². The number of benzene rings is 2. The van der Waals surface area contributed by atoms with Gasteiger partial charge in [-0.05, 0) is 37.0 Å². The molecule has 0 spiro atoms. The highest BCUT2D eigenvalue weighted by Gasteiger charge is 2.32. The molecule has 1 amide bonds. The number of hydrogen-bond donors (Lipinski definition) is 1. The lowest BCUT2D eigenvalue weighted by Crippen LogP contribution is -2.26. The van der Waals surface area contributed by atoms with E-state index in [2.05, 4.69) is 5.32 Å². The van der Waals surface area contributed by atoms with Crippen molar-refractivity contribution in [1.82, 2.24) is 0 Å². The summed E-state index contributed by atoms with van der Waals surface area (Å²) < 4.78 is 44.5. The van der Waals surface area contributed by atoms with Gasteiger partial charge in [-0.15, -0.1) is 0 Å². The molecule has 3 rings (SSSR count). The molecule has 0 aliphatic heterocycles. The summed E-state index contributed by atoms with van der Waals surface area (Å²) in [6.07, 6.45) is -1.67. The molecule has 8 heteroatoms. The number of carbonyl (C=O) groups is 2. The fraction of sp³-hybridized carbons (Fsp3) is 0.364. The number of nitrogens with one attached hydrogen (secondary N) is 1. The lowest BCUT2D eigenvalue weighted by atomic mass is 10.0. The standard InChI is InChI=1S/C22H21ClF3NO3/c23-17-11-10-16(22(24,25)26)13-18(17)27-21(29)20(15-8-2-1-3-9-15)30-19(28)12-14-6-4-5-7-14/h1-3,8-11,13-14,20H,4-7,12H2,(H,27,29)/t20-/m1/s1. The van der Waals surface area contributed by atoms with Gasteiger partial charge in [-0.25, -0.2) is 0 Å². The molecule has 1 fully saturated rings. The molecular weight excluding hydrogens is 419 g/mol. The van der Waals surface area contributed by atoms with Gasteiger partial charge in [0.15, 0.2) is 0 Å². The van der Waals surface area contributed by atoms with Gasteiger partial charge in [0.2, 0.25) is 6.10 Å². The highest BCUT2D eigenvalue weighted by Crippen LogP contribution is 2.34. The molecule has 1 atom stereocenters. The molecule has 0 saturated heterocycles. The van der Waals surface area contributed by atoms with Gasteiger partial charge in [0, 0.05) is 12.0 Å². The quantitative estimate of drug-likeness (QED) is 0.548. The first kappa shape index (κ1) is 22.2. The van der Waals surface area contributed by atoms with Crippen molar-refractivity contribution < 1.29 is 27.5 Å². The van der Waals surface area contributed by atoms with Gasteiger partial charge in [0.1, 0.15) is 0 Å². The number of hydrogen-bond acceptors (Lipinski definition) is 3. The van der Waals surface area contributed by atoms with E-state index in [0.717, 1.165) is 43.9 Å². The van der Waals surface area contributed by atoms with Crippen LogP contribution in [0, 0.1) is 5.92 Å². The summed E-state index contributed by atoms with van der Waals surface area (Å²) in [6.45, 7) is 0. The lowest BCUT2D eigenvalue weighted by Gasteiger charge is -2.20. The number of rotatable bonds is 6. The van der Waals surface area contributed by atoms with Crippen LogP contribution in [-0.2, 0) is 20.5 Å². The number of ether oxygens (including phenoxy) is 1. The van der Waals surface area contributed by atoms with Gasteiger partial charge in [0.25, 0.3) is 5.91 Å². The maximum atomic E-state index is 13.0. The smallest absolute Gasteiger partial charge is 0.416 e. The van der Waals surface area contributed by atoms with Gasteiger partial charge in [0.05, 0.1) is 16.3 Å². The van der Waals surface area contributed by atoms with Crippen LogP contribution in [0.5, 0.6) is 0 Å². The summed E-state index contributed by atoms with van der Waals surface area (Å²) >= 11 is 5.97. The van der Waals surface area contributed by atoms with Crippen LogP contribution in [-0.4, -0.2) is 11.9 Å². The van der Waals surface area contributed by atoms with E-state index in [4.69, 9.17) is 16.3 Å². The average molecular weight is 440 g/mol. The lowest BCUT2D eigenvalue weighted by molar-refractivity contribution is -0.155. The zero-order chi connectivity index (χ0) is 21.7. The Kier molecular flexibility index (Phi) is 7.02. The van der Waals surface area contributed by atoms with Crippen molar-refractivity contribution >= 4 is 29.2 Å². The minimum absolute atomic E-state index is 0.0551. The zero-order valence-electron chi connectivity index (χ0n) is 16.0. The van der Waals surface area contributed by atoms with Crippen LogP contribution >= 0.6 is 11.6 Å². The topological polar surface area (TPSA) is 55.4 Å². The Bertz CT molecular complexity index is 896. The fourth-order valence-corrected chi connectivity index (χ4v) is 3.69. The molecular formula is C22H21ClF3NO3. The third kappa shape index (κ3) is 5.75. The van der Waals surface area contributed by atoms with E-state index in [1.165, 1.54) is 0 Å². The highest BCUT2D eigenvalue weighted by molar-refractivity contribution is 6.33. The van der Waals surface area contributed by atoms with E-state index >= 15 is 0 Å². The van der Waals surface area contributed by atoms with Crippen molar-refractivity contribution in [1.29, 1.82) is 0 Å². The van der Waals surface area contributed by atoms with E-state index in [9.17, 15) is 22.8 Å². The van der Waals surface area contributed by atoms with Gasteiger partial charge in [-0.2, -0.15) is 13.2 Å². The molecule has 0 radical (unpaired) electrons. The first-order valence-electron chi connectivity index (χ1n) is 9.66. The van der Waals surface area contributed by atoms with Crippen LogP contribution < -0.4 is 5.32 Å². The summed E-state index contributed by atoms with van der Waals surface area (Å²) in [5.41, 5.74) is -0.737. The number of alkyl halides is 3. The molecule has 0 aromatic heterocycles. The van der Waals surface area contributed by atoms with Crippen molar-refractivity contribution in [2.75, 3.05) is 5.32 Å². The van der Waals surface area contributed by atoms with E-state index < -0.39 is 29.7 Å². The molecule has 1 N–H and O–H groups in total. The second-order valence-electron chi connectivity index (χ2n) is 7.32. The molecule has 0 heterocycles. The summed E-state index contributed by atoms with van der Waals surface area (Å²) in [6, 6.07) is 11.0. The molecule has 0 bridgehead atoms. The van der Waals surface area contributed by atoms with Gasteiger partial charge in [-0.1, -0.05) is 54.8 Å². The van der Waals surface area contributed by atoms with Crippen molar-refractivity contribution in [2.45, 2.75) is 44.4 Å². The number of halogens is 4. The van der Waals surface area contributed by atoms with Gasteiger partial charge in [-0.3, -0.25) is 9.59 Å². The molecule has 1 aliphatic rings. The zero-order valence-corrected chi connectivity index (χ0v) is 16.8. The number of esters is 1. The number of anilines is 1. The first-order valence-corrected chi connectivity index (χ1v) is 10.0. The molecule has 1 aliphatic carbocycles. The average Bonchev–Trinajstić information content (AvgIpc) is 3.20. The molecule has 4 nitrogen and oxygen atoms in total. The van der Waals surface area contributed by atoms with Crippen molar-refractivity contribution in [3.05, 3.63) is 64.7 Å². The van der Waals surface area contributed by atoms with Crippen molar-refractivity contribution in [3.8, 4) is 0 Å². The van der Waals surface area contributed by atoms with Crippen LogP contribution in [0.2, 0.25) is 5.02 Å². The molecule has 2 aromatic carbocycles. The summed E-state index contributed by atoms with van der Waals surface area (Å²) in [5, 5.41) is 2.32. The third-order valence-corrected chi connectivity index (χ3v) is 5.40. The van der Waals surface area contributed by atoms with Crippen LogP contribution in [0.25, 0.3) is 0 Å². The first-order chi connectivity index (χ1) is 14.2. The van der Waals surface area contributed by atoms with Crippen LogP contribution in [0.3, 0.4) is 0 Å². The Morgan fingerprint density at radius 1 is 1.10 bits per heavy atom. The minimum atomic E-state index is -4.59. The van der Waals surface area contributed by atoms with E-state index in [0.29, 0.717) is 5.56 Å². The third-order valence-electron chi connectivity index (χ3n) is 5.07. The molecule has 160 valence electrons. The fourth-order valence-electron chi connectivity index (χ4n) is 3.53. The molecule has 2 aromatic rings. The van der Waals surface area contributed by atoms with Crippen LogP contribution in [0.1, 0.15) is 49.3 Å². The maximum Gasteiger partial charge on any atom is 0.416 e. The Morgan fingerprint density at radius 3 is 2.40 bits per heavy atom. The van der Waals surface area contributed by atoms with Gasteiger partial charge >= 0.3 is 12.1 Å². The van der Waals surface area contributed by atoms with E-state index in [1.807, 2.05) is 0 Å². The second-order valence-corrected chi connectivity index (χ2v) is 7.72. The number of amides is 1. The van der Waals surface area contributed by atoms with Crippen molar-refractivity contribution in [2.24, 2.45) is 5.92 Å². The molecule has 1 saturated carbocycles. The van der Waals surface area contributed by atoms with E-state index in [-0.39, 0.29) is 23.0 Å². The predicted octanol–water partition coefficient (Wildman–Crippen LogP) is 6.16. The van der Waals surface area contributed by atoms with Crippen LogP contribution in [0.15, 0.2) is 48.5 Å². The molecule has 30 heavy (non-hydrogen) atoms. The van der Waals surface area contributed by atoms with E-state index in [1.54, 1.807) is 30.3 Å². The Hall–Kier alpha value is -2.54. The van der Waals surface area contributed by atoms with Crippen molar-refractivity contribution in [3.63, 3.8) is 0 Å². The summed E-state index contributed by atoms with van der Waals surface area (Å²) in [7, 11) is 0. The second kappa shape index (κ2) is 9.51. The summed E-state index contributed by atoms with van der Waals surface area (Å²) in [5.74, 6) is -1.06. The SMILES string of the molecule is O=C(CC1CCCC1)O[C@@H](C(=O)Nc1cc(C(F)(F)F)ccc1Cl)c1ccccc1. The Morgan fingerprint density at radius 2 is 1.77 bits per heavy atom.